The minimum Gasteiger partial charge on any atom is -0.490 e. The molecule has 3 rings (SSSR count). The summed E-state index contributed by atoms with van der Waals surface area (Å²) in [4.78, 5) is 0. The summed E-state index contributed by atoms with van der Waals surface area (Å²) in [5.74, 6) is 1.00. The van der Waals surface area contributed by atoms with Crippen molar-refractivity contribution in [2.24, 2.45) is 10.1 Å². The van der Waals surface area contributed by atoms with Crippen LogP contribution < -0.4 is 15.2 Å². The van der Waals surface area contributed by atoms with Gasteiger partial charge in [0.15, 0.2) is 0 Å². The first-order valence-corrected chi connectivity index (χ1v) is 7.17. The number of fused-ring (bicyclic) bond motifs is 1. The Bertz CT molecular complexity index is 524. The highest BCUT2D eigenvalue weighted by atomic mass is 32.2. The van der Waals surface area contributed by atoms with Gasteiger partial charge in [0, 0.05) is 0 Å². The zero-order valence-corrected chi connectivity index (χ0v) is 10.7. The fourth-order valence-corrected chi connectivity index (χ4v) is 3.09. The van der Waals surface area contributed by atoms with E-state index in [0.717, 1.165) is 29.8 Å². The van der Waals surface area contributed by atoms with Gasteiger partial charge in [-0.2, -0.15) is 4.40 Å². The van der Waals surface area contributed by atoms with Crippen LogP contribution in [0.25, 0.3) is 0 Å². The maximum absolute atomic E-state index is 11.4. The number of anilines is 1. The first-order valence-electron chi connectivity index (χ1n) is 6.07. The second kappa shape index (κ2) is 4.61. The highest BCUT2D eigenvalue weighted by Crippen LogP contribution is 2.32. The van der Waals surface area contributed by atoms with Crippen molar-refractivity contribution < 1.29 is 8.95 Å². The Labute approximate surface area is 108 Å². The van der Waals surface area contributed by atoms with Crippen molar-refractivity contribution in [1.82, 2.24) is 0 Å². The minimum absolute atomic E-state index is 0.261. The van der Waals surface area contributed by atoms with E-state index in [0.29, 0.717) is 0 Å². The van der Waals surface area contributed by atoms with Crippen LogP contribution in [-0.4, -0.2) is 16.1 Å². The van der Waals surface area contributed by atoms with Crippen LogP contribution in [0.1, 0.15) is 31.2 Å². The van der Waals surface area contributed by atoms with Gasteiger partial charge in [-0.25, -0.2) is 4.21 Å². The van der Waals surface area contributed by atoms with Gasteiger partial charge in [0.05, 0.1) is 17.4 Å². The molecule has 0 spiro atoms. The minimum atomic E-state index is -1.49. The molecule has 6 heteroatoms. The number of rotatable bonds is 2. The molecule has 1 aromatic carbocycles. The fourth-order valence-electron chi connectivity index (χ4n) is 2.42. The molecule has 0 radical (unpaired) electrons. The van der Waals surface area contributed by atoms with E-state index in [-0.39, 0.29) is 11.9 Å². The van der Waals surface area contributed by atoms with Gasteiger partial charge in [-0.15, -0.1) is 0 Å². The summed E-state index contributed by atoms with van der Waals surface area (Å²) in [5, 5.41) is 0. The van der Waals surface area contributed by atoms with E-state index in [1.807, 2.05) is 18.2 Å². The fraction of sp³-hybridized carbons (Fsp3) is 0.417. The molecule has 0 bridgehead atoms. The normalized spacial score (nSPS) is 23.1. The van der Waals surface area contributed by atoms with Crippen LogP contribution in [0.5, 0.6) is 5.75 Å². The largest absolute Gasteiger partial charge is 0.490 e. The van der Waals surface area contributed by atoms with E-state index < -0.39 is 11.2 Å². The average Bonchev–Trinajstić information content (AvgIpc) is 2.81. The molecule has 2 aliphatic rings. The summed E-state index contributed by atoms with van der Waals surface area (Å²) < 4.78 is 24.0. The smallest absolute Gasteiger partial charge is 0.245 e. The van der Waals surface area contributed by atoms with Crippen LogP contribution in [0.2, 0.25) is 0 Å². The van der Waals surface area contributed by atoms with Crippen LogP contribution in [0.3, 0.4) is 0 Å². The summed E-state index contributed by atoms with van der Waals surface area (Å²) in [6.07, 6.45) is 4.86. The lowest BCUT2D eigenvalue weighted by atomic mass is 10.1. The molecule has 1 aromatic rings. The Balaban J connectivity index is 1.95. The van der Waals surface area contributed by atoms with Gasteiger partial charge in [-0.05, 0) is 37.8 Å². The first-order chi connectivity index (χ1) is 8.74. The van der Waals surface area contributed by atoms with E-state index in [4.69, 9.17) is 10.5 Å². The Kier molecular flexibility index (Phi) is 2.95. The molecule has 1 atom stereocenters. The lowest BCUT2D eigenvalue weighted by Crippen LogP contribution is -2.25. The van der Waals surface area contributed by atoms with E-state index in [1.165, 1.54) is 12.8 Å². The number of nitrogens with two attached hydrogens (primary N) is 1. The van der Waals surface area contributed by atoms with Crippen LogP contribution in [0.4, 0.5) is 5.69 Å². The Hall–Kier alpha value is -1.56. The number of hydrogen-bond donors (Lipinski definition) is 2. The first kappa shape index (κ1) is 11.5. The van der Waals surface area contributed by atoms with Gasteiger partial charge in [0.1, 0.15) is 11.6 Å². The second-order valence-electron chi connectivity index (χ2n) is 4.53. The van der Waals surface area contributed by atoms with E-state index in [2.05, 4.69) is 9.12 Å². The maximum atomic E-state index is 11.4. The summed E-state index contributed by atoms with van der Waals surface area (Å²) in [6.45, 7) is 0. The van der Waals surface area contributed by atoms with Crippen LogP contribution >= 0.6 is 0 Å². The van der Waals surface area contributed by atoms with Crippen molar-refractivity contribution in [2.45, 2.75) is 31.8 Å². The molecule has 18 heavy (non-hydrogen) atoms. The zero-order valence-electron chi connectivity index (χ0n) is 9.89. The van der Waals surface area contributed by atoms with E-state index >= 15 is 0 Å². The number of amidine groups is 1. The molecule has 1 heterocycles. The molecule has 5 nitrogen and oxygen atoms in total. The highest BCUT2D eigenvalue weighted by Gasteiger charge is 2.23. The summed E-state index contributed by atoms with van der Waals surface area (Å²) >= 11 is -1.49. The van der Waals surface area contributed by atoms with Crippen molar-refractivity contribution in [3.8, 4) is 5.75 Å². The standard InChI is InChI=1S/C12H15N3O2S/c13-12-11-9(14-18(16)15-12)6-3-7-10(11)17-8-4-1-2-5-8/h3,6-8,14H,1-2,4-5H2,(H2,13,15). The monoisotopic (exact) mass is 265 g/mol. The van der Waals surface area contributed by atoms with Crippen molar-refractivity contribution in [3.63, 3.8) is 0 Å². The van der Waals surface area contributed by atoms with Gasteiger partial charge in [-0.3, -0.25) is 4.72 Å². The van der Waals surface area contributed by atoms with E-state index in [9.17, 15) is 4.21 Å². The maximum Gasteiger partial charge on any atom is 0.245 e. The zero-order chi connectivity index (χ0) is 12.5. The molecule has 1 saturated carbocycles. The molecule has 1 aliphatic carbocycles. The Morgan fingerprint density at radius 3 is 2.94 bits per heavy atom. The molecular weight excluding hydrogens is 250 g/mol. The number of hydrogen-bond acceptors (Lipinski definition) is 3. The Morgan fingerprint density at radius 1 is 1.39 bits per heavy atom. The van der Waals surface area contributed by atoms with E-state index in [1.54, 1.807) is 0 Å². The highest BCUT2D eigenvalue weighted by molar-refractivity contribution is 7.85. The average molecular weight is 265 g/mol. The topological polar surface area (TPSA) is 76.7 Å². The van der Waals surface area contributed by atoms with Crippen LogP contribution in [-0.2, 0) is 11.2 Å². The van der Waals surface area contributed by atoms with Crippen molar-refractivity contribution in [2.75, 3.05) is 4.72 Å². The molecule has 0 amide bonds. The van der Waals surface area contributed by atoms with Crippen molar-refractivity contribution >= 4 is 22.7 Å². The predicted octanol–water partition coefficient (Wildman–Crippen LogP) is 1.72. The SMILES string of the molecule is NC1=NS(=O)Nc2cccc(OC3CCCC3)c21. The molecule has 1 fully saturated rings. The molecule has 1 aliphatic heterocycles. The molecule has 0 saturated heterocycles. The van der Waals surface area contributed by atoms with Crippen molar-refractivity contribution in [3.05, 3.63) is 23.8 Å². The number of ether oxygens (including phenoxy) is 1. The summed E-state index contributed by atoms with van der Waals surface area (Å²) in [7, 11) is 0. The molecular formula is C12H15N3O2S. The van der Waals surface area contributed by atoms with Gasteiger partial charge in [0.25, 0.3) is 0 Å². The summed E-state index contributed by atoms with van der Waals surface area (Å²) in [5.41, 5.74) is 7.29. The lowest BCUT2D eigenvalue weighted by molar-refractivity contribution is 0.210. The third kappa shape index (κ3) is 2.08. The van der Waals surface area contributed by atoms with Gasteiger partial charge < -0.3 is 10.5 Å². The van der Waals surface area contributed by atoms with Gasteiger partial charge in [0.2, 0.25) is 11.2 Å². The molecule has 96 valence electrons. The summed E-state index contributed by atoms with van der Waals surface area (Å²) in [6, 6.07) is 5.58. The third-order valence-electron chi connectivity index (χ3n) is 3.26. The quantitative estimate of drug-likeness (QED) is 0.854. The van der Waals surface area contributed by atoms with Gasteiger partial charge >= 0.3 is 0 Å². The molecule has 0 aromatic heterocycles. The second-order valence-corrected chi connectivity index (χ2v) is 5.42. The number of benzene rings is 1. The molecule has 3 N–H and O–H groups in total. The third-order valence-corrected chi connectivity index (χ3v) is 4.01. The van der Waals surface area contributed by atoms with Crippen LogP contribution in [0, 0.1) is 0 Å². The molecule has 1 unspecified atom stereocenters. The Morgan fingerprint density at radius 2 is 2.17 bits per heavy atom. The predicted molar refractivity (Wildman–Crippen MR) is 71.8 cm³/mol. The van der Waals surface area contributed by atoms with Gasteiger partial charge in [-0.1, -0.05) is 6.07 Å². The lowest BCUT2D eigenvalue weighted by Gasteiger charge is -2.20. The van der Waals surface area contributed by atoms with Crippen molar-refractivity contribution in [1.29, 1.82) is 0 Å². The number of nitrogens with one attached hydrogen (secondary N) is 1. The number of nitrogens with zero attached hydrogens (tertiary/aromatic N) is 1. The van der Waals surface area contributed by atoms with Crippen LogP contribution in [0.15, 0.2) is 22.6 Å².